The lowest BCUT2D eigenvalue weighted by atomic mass is 9.53. The average Bonchev–Trinajstić information content (AvgIpc) is 2.75. The van der Waals surface area contributed by atoms with Crippen LogP contribution < -0.4 is 5.73 Å². The number of carboxylic acids is 1. The van der Waals surface area contributed by atoms with Gasteiger partial charge in [-0.15, -0.1) is 0 Å². The van der Waals surface area contributed by atoms with Crippen LogP contribution in [0.1, 0.15) is 25.0 Å². The summed E-state index contributed by atoms with van der Waals surface area (Å²) in [6.07, 6.45) is -1.87. The maximum atomic E-state index is 13.7. The molecule has 216 valence electrons. The first-order valence-electron chi connectivity index (χ1n) is 11.0. The van der Waals surface area contributed by atoms with Gasteiger partial charge in [0.25, 0.3) is 11.9 Å². The van der Waals surface area contributed by atoms with Gasteiger partial charge < -0.3 is 52.4 Å². The molecule has 1 aromatic carbocycles. The molecule has 0 unspecified atom stereocenters. The van der Waals surface area contributed by atoms with Crippen molar-refractivity contribution in [3.63, 3.8) is 0 Å². The Morgan fingerprint density at radius 3 is 2.03 bits per heavy atom. The van der Waals surface area contributed by atoms with Crippen molar-refractivity contribution >= 4 is 29.2 Å². The molecular formula is C24H32N2O13. The zero-order valence-corrected chi connectivity index (χ0v) is 21.3. The summed E-state index contributed by atoms with van der Waals surface area (Å²) in [5.41, 5.74) is -1.78. The third-order valence-electron chi connectivity index (χ3n) is 7.03. The van der Waals surface area contributed by atoms with Gasteiger partial charge in [-0.3, -0.25) is 24.1 Å². The minimum atomic E-state index is -3.02. The monoisotopic (exact) mass is 556 g/mol. The van der Waals surface area contributed by atoms with Crippen molar-refractivity contribution in [1.82, 2.24) is 4.90 Å². The van der Waals surface area contributed by atoms with Crippen molar-refractivity contribution < 1.29 is 65.9 Å². The zero-order chi connectivity index (χ0) is 28.4. The number of carbonyl (C=O) groups is 4. The number of Topliss-reactive ketones (excluding diaryl/α,β-unsaturated/α-hetero) is 2. The molecule has 0 spiro atoms. The largest absolute Gasteiger partial charge is 0.508 e. The van der Waals surface area contributed by atoms with E-state index in [0.29, 0.717) is 0 Å². The lowest BCUT2D eigenvalue weighted by molar-refractivity contribution is -0.181. The van der Waals surface area contributed by atoms with Gasteiger partial charge in [0.1, 0.15) is 22.8 Å². The molecule has 0 aromatic heterocycles. The summed E-state index contributed by atoms with van der Waals surface area (Å²) < 4.78 is 0. The SMILES string of the molecule is CC(=O)O.CN(C)[C@@H]1C(=O)C(C(N)=O)=C(O)[C@@]2(O)C(=O)C3=C(O)c4c(O)cccc4[C@@](C)(O)[C@H]3[C@H](O)[C@@H]12.O.O. The number of carboxylic acid groups (broad SMARTS) is 1. The molecule has 1 saturated carbocycles. The number of aliphatic hydroxyl groups excluding tert-OH is 3. The van der Waals surface area contributed by atoms with Crippen molar-refractivity contribution in [2.75, 3.05) is 14.1 Å². The number of aliphatic hydroxyl groups is 5. The molecule has 3 aliphatic carbocycles. The Kier molecular flexibility index (Phi) is 9.12. The van der Waals surface area contributed by atoms with E-state index in [1.807, 2.05) is 0 Å². The summed E-state index contributed by atoms with van der Waals surface area (Å²) in [4.78, 5) is 48.9. The average molecular weight is 557 g/mol. The molecule has 1 amide bonds. The highest BCUT2D eigenvalue weighted by Crippen LogP contribution is 2.57. The first kappa shape index (κ1) is 33.2. The number of aliphatic carboxylic acids is 1. The lowest BCUT2D eigenvalue weighted by Gasteiger charge is -2.55. The van der Waals surface area contributed by atoms with Crippen LogP contribution in [0.2, 0.25) is 0 Å². The number of hydrogen-bond acceptors (Lipinski definition) is 11. The molecule has 15 heteroatoms. The van der Waals surface area contributed by atoms with Crippen molar-refractivity contribution in [3.05, 3.63) is 46.2 Å². The van der Waals surface area contributed by atoms with Crippen LogP contribution >= 0.6 is 0 Å². The molecule has 4 rings (SSSR count). The number of carbonyl (C=O) groups excluding carboxylic acids is 3. The van der Waals surface area contributed by atoms with E-state index in [0.717, 1.165) is 6.92 Å². The van der Waals surface area contributed by atoms with Gasteiger partial charge in [0, 0.05) is 6.92 Å². The molecule has 0 aliphatic heterocycles. The van der Waals surface area contributed by atoms with Crippen LogP contribution in [0.5, 0.6) is 5.75 Å². The number of primary amides is 1. The standard InChI is InChI=1S/C22H24N2O9.C2H4O2.2H2O/c1-21(32)7-5-4-6-8(25)9(7)15(26)10-12(21)17(28)13-14(24(2)3)16(27)11(20(23)31)19(30)22(13,33)18(10)29;1-2(3)4;;/h4-6,12-14,17,25-26,28,30,32-33H,1-3H3,(H2,23,31);1H3,(H,3,4);2*1H2/t12-,13-,14+,17+,21-,22+;;;/m1.../s1. The Balaban J connectivity index is 0.00000119. The number of ketones is 2. The predicted molar refractivity (Wildman–Crippen MR) is 132 cm³/mol. The number of phenols is 1. The number of nitrogens with zero attached hydrogens (tertiary/aromatic N) is 1. The van der Waals surface area contributed by atoms with Gasteiger partial charge in [-0.1, -0.05) is 12.1 Å². The molecule has 3 aliphatic rings. The highest BCUT2D eigenvalue weighted by molar-refractivity contribution is 6.24. The lowest BCUT2D eigenvalue weighted by Crippen LogP contribution is -2.71. The van der Waals surface area contributed by atoms with Crippen molar-refractivity contribution in [1.29, 1.82) is 0 Å². The topological polar surface area (TPSA) is 302 Å². The Labute approximate surface area is 221 Å². The number of hydrogen-bond donors (Lipinski definition) is 8. The molecule has 6 atom stereocenters. The van der Waals surface area contributed by atoms with E-state index < -0.39 is 87.0 Å². The van der Waals surface area contributed by atoms with Gasteiger partial charge in [0.2, 0.25) is 5.78 Å². The highest BCUT2D eigenvalue weighted by Gasteiger charge is 2.70. The van der Waals surface area contributed by atoms with Gasteiger partial charge >= 0.3 is 0 Å². The number of aromatic hydroxyl groups is 1. The molecule has 13 N–H and O–H groups in total. The first-order chi connectivity index (χ1) is 16.9. The van der Waals surface area contributed by atoms with Crippen LogP contribution in [0.3, 0.4) is 0 Å². The van der Waals surface area contributed by atoms with Crippen LogP contribution in [0.15, 0.2) is 35.1 Å². The number of likely N-dealkylation sites (N-methyl/N-ethyl adjacent to an activating group) is 1. The molecule has 0 saturated heterocycles. The summed E-state index contributed by atoms with van der Waals surface area (Å²) in [5.74, 6) is -10.5. The number of nitrogens with two attached hydrogens (primary N) is 1. The van der Waals surface area contributed by atoms with Crippen molar-refractivity contribution in [2.45, 2.75) is 37.2 Å². The third kappa shape index (κ3) is 4.54. The van der Waals surface area contributed by atoms with Crippen molar-refractivity contribution in [2.24, 2.45) is 17.6 Å². The first-order valence-corrected chi connectivity index (χ1v) is 11.0. The molecule has 0 bridgehead atoms. The number of rotatable bonds is 2. The third-order valence-corrected chi connectivity index (χ3v) is 7.03. The summed E-state index contributed by atoms with van der Waals surface area (Å²) in [6, 6.07) is 2.50. The second-order valence-corrected chi connectivity index (χ2v) is 9.58. The van der Waals surface area contributed by atoms with E-state index >= 15 is 0 Å². The number of benzene rings is 1. The van der Waals surface area contributed by atoms with Gasteiger partial charge in [0.05, 0.1) is 40.7 Å². The van der Waals surface area contributed by atoms with E-state index in [-0.39, 0.29) is 22.1 Å². The smallest absolute Gasteiger partial charge is 0.300 e. The summed E-state index contributed by atoms with van der Waals surface area (Å²) in [5, 5.41) is 73.8. The van der Waals surface area contributed by atoms with Gasteiger partial charge in [-0.05, 0) is 32.6 Å². The highest BCUT2D eigenvalue weighted by atomic mass is 16.4. The fraction of sp³-hybridized carbons (Fsp3) is 0.417. The summed E-state index contributed by atoms with van der Waals surface area (Å²) >= 11 is 0. The van der Waals surface area contributed by atoms with Gasteiger partial charge in [-0.25, -0.2) is 0 Å². The molecule has 1 aromatic rings. The zero-order valence-electron chi connectivity index (χ0n) is 21.3. The summed E-state index contributed by atoms with van der Waals surface area (Å²) in [6.45, 7) is 2.34. The molecule has 0 heterocycles. The Morgan fingerprint density at radius 2 is 1.56 bits per heavy atom. The molecule has 39 heavy (non-hydrogen) atoms. The second kappa shape index (κ2) is 10.7. The van der Waals surface area contributed by atoms with Gasteiger partial charge in [-0.2, -0.15) is 0 Å². The molecule has 15 nitrogen and oxygen atoms in total. The predicted octanol–water partition coefficient (Wildman–Crippen LogP) is -2.96. The number of amides is 1. The van der Waals surface area contributed by atoms with E-state index in [1.165, 1.54) is 44.1 Å². The van der Waals surface area contributed by atoms with Crippen LogP contribution in [-0.4, -0.2) is 107 Å². The van der Waals surface area contributed by atoms with Crippen LogP contribution in [0.4, 0.5) is 0 Å². The Bertz CT molecular complexity index is 1280. The van der Waals surface area contributed by atoms with E-state index in [2.05, 4.69) is 0 Å². The van der Waals surface area contributed by atoms with Crippen LogP contribution in [-0.2, 0) is 24.8 Å². The van der Waals surface area contributed by atoms with Crippen molar-refractivity contribution in [3.8, 4) is 5.75 Å². The molecule has 0 radical (unpaired) electrons. The second-order valence-electron chi connectivity index (χ2n) is 9.58. The Hall–Kier alpha value is -3.86. The quantitative estimate of drug-likeness (QED) is 0.169. The van der Waals surface area contributed by atoms with Crippen LogP contribution in [0.25, 0.3) is 5.76 Å². The molecule has 1 fully saturated rings. The van der Waals surface area contributed by atoms with E-state index in [9.17, 15) is 45.0 Å². The fourth-order valence-electron chi connectivity index (χ4n) is 5.60. The van der Waals surface area contributed by atoms with E-state index in [4.69, 9.17) is 15.6 Å². The normalized spacial score (nSPS) is 31.1. The van der Waals surface area contributed by atoms with Gasteiger partial charge in [0.15, 0.2) is 11.4 Å². The Morgan fingerprint density at radius 1 is 1.05 bits per heavy atom. The minimum absolute atomic E-state index is 0. The van der Waals surface area contributed by atoms with E-state index in [1.54, 1.807) is 0 Å². The van der Waals surface area contributed by atoms with Crippen LogP contribution in [0, 0.1) is 11.8 Å². The number of phenolic OH excluding ortho intramolecular Hbond substituents is 1. The maximum absolute atomic E-state index is 13.7. The summed E-state index contributed by atoms with van der Waals surface area (Å²) in [7, 11) is 2.80. The molecular weight excluding hydrogens is 524 g/mol. The maximum Gasteiger partial charge on any atom is 0.300 e. The number of fused-ring (bicyclic) bond motifs is 3. The fourth-order valence-corrected chi connectivity index (χ4v) is 5.60. The minimum Gasteiger partial charge on any atom is -0.508 e.